The summed E-state index contributed by atoms with van der Waals surface area (Å²) in [5.41, 5.74) is -0.191. The summed E-state index contributed by atoms with van der Waals surface area (Å²) in [7, 11) is 1.88. The highest BCUT2D eigenvalue weighted by molar-refractivity contribution is 5.81. The van der Waals surface area contributed by atoms with Crippen LogP contribution in [-0.4, -0.2) is 24.4 Å². The van der Waals surface area contributed by atoms with E-state index in [1.54, 1.807) is 0 Å². The first-order valence-electron chi connectivity index (χ1n) is 4.71. The molecule has 0 unspecified atom stereocenters. The normalized spacial score (nSPS) is 11.4. The molecule has 0 rings (SSSR count). The van der Waals surface area contributed by atoms with Crippen molar-refractivity contribution in [1.82, 2.24) is 4.90 Å². The highest BCUT2D eigenvalue weighted by Crippen LogP contribution is 2.22. The summed E-state index contributed by atoms with van der Waals surface area (Å²) < 4.78 is 0. The Morgan fingerprint density at radius 2 is 1.83 bits per heavy atom. The van der Waals surface area contributed by atoms with Gasteiger partial charge in [-0.15, -0.1) is 0 Å². The second-order valence-corrected chi connectivity index (χ2v) is 3.96. The van der Waals surface area contributed by atoms with Crippen LogP contribution in [0.25, 0.3) is 0 Å². The van der Waals surface area contributed by atoms with E-state index in [1.807, 2.05) is 25.8 Å². The molecule has 0 fully saturated rings. The van der Waals surface area contributed by atoms with Gasteiger partial charge in [-0.2, -0.15) is 0 Å². The molecule has 0 aromatic heterocycles. The molecule has 1 amide bonds. The molecule has 0 spiro atoms. The van der Waals surface area contributed by atoms with E-state index in [4.69, 9.17) is 0 Å². The molecule has 2 nitrogen and oxygen atoms in total. The molecule has 72 valence electrons. The number of hydrogen-bond donors (Lipinski definition) is 0. The fourth-order valence-corrected chi connectivity index (χ4v) is 1.10. The van der Waals surface area contributed by atoms with E-state index in [1.165, 1.54) is 0 Å². The van der Waals surface area contributed by atoms with Gasteiger partial charge in [-0.25, -0.2) is 0 Å². The van der Waals surface area contributed by atoms with Crippen molar-refractivity contribution in [1.29, 1.82) is 0 Å². The highest BCUT2D eigenvalue weighted by Gasteiger charge is 2.27. The number of carbonyl (C=O) groups excluding carboxylic acids is 1. The van der Waals surface area contributed by atoms with Crippen LogP contribution in [0.1, 0.15) is 40.5 Å². The topological polar surface area (TPSA) is 20.3 Å². The molecule has 0 aromatic carbocycles. The van der Waals surface area contributed by atoms with Crippen LogP contribution < -0.4 is 0 Å². The molecular weight excluding hydrogens is 150 g/mol. The molecule has 0 saturated heterocycles. The Labute approximate surface area is 75.9 Å². The van der Waals surface area contributed by atoms with Crippen LogP contribution in [0.15, 0.2) is 0 Å². The Hall–Kier alpha value is -0.530. The maximum absolute atomic E-state index is 11.7. The SMILES string of the molecule is CCCN(C)C(=O)C(C)(C)CC. The van der Waals surface area contributed by atoms with E-state index in [0.717, 1.165) is 19.4 Å². The first kappa shape index (κ1) is 11.5. The first-order valence-corrected chi connectivity index (χ1v) is 4.71. The van der Waals surface area contributed by atoms with Crippen molar-refractivity contribution in [3.63, 3.8) is 0 Å². The predicted octanol–water partition coefficient (Wildman–Crippen LogP) is 2.29. The van der Waals surface area contributed by atoms with Crippen molar-refractivity contribution in [2.24, 2.45) is 5.41 Å². The van der Waals surface area contributed by atoms with Crippen LogP contribution in [-0.2, 0) is 4.79 Å². The zero-order valence-corrected chi connectivity index (χ0v) is 8.98. The summed E-state index contributed by atoms with van der Waals surface area (Å²) in [5, 5.41) is 0. The number of amides is 1. The number of carbonyl (C=O) groups is 1. The van der Waals surface area contributed by atoms with Crippen LogP contribution in [0.3, 0.4) is 0 Å². The first-order chi connectivity index (χ1) is 5.45. The molecule has 0 atom stereocenters. The van der Waals surface area contributed by atoms with Crippen LogP contribution in [0.2, 0.25) is 0 Å². The van der Waals surface area contributed by atoms with Crippen molar-refractivity contribution in [3.8, 4) is 0 Å². The molecule has 0 aliphatic heterocycles. The number of rotatable bonds is 4. The largest absolute Gasteiger partial charge is 0.345 e. The maximum Gasteiger partial charge on any atom is 0.227 e. The summed E-state index contributed by atoms with van der Waals surface area (Å²) in [5.74, 6) is 0.256. The highest BCUT2D eigenvalue weighted by atomic mass is 16.2. The number of hydrogen-bond acceptors (Lipinski definition) is 1. The summed E-state index contributed by atoms with van der Waals surface area (Å²) in [4.78, 5) is 13.5. The van der Waals surface area contributed by atoms with Crippen molar-refractivity contribution in [2.45, 2.75) is 40.5 Å². The molecule has 0 radical (unpaired) electrons. The molecular formula is C10H21NO. The van der Waals surface area contributed by atoms with Crippen molar-refractivity contribution in [3.05, 3.63) is 0 Å². The Morgan fingerprint density at radius 3 is 2.17 bits per heavy atom. The van der Waals surface area contributed by atoms with E-state index in [9.17, 15) is 4.79 Å². The molecule has 0 N–H and O–H groups in total. The third kappa shape index (κ3) is 2.84. The zero-order valence-electron chi connectivity index (χ0n) is 8.98. The smallest absolute Gasteiger partial charge is 0.227 e. The van der Waals surface area contributed by atoms with E-state index < -0.39 is 0 Å². The minimum absolute atomic E-state index is 0.191. The van der Waals surface area contributed by atoms with Gasteiger partial charge in [0, 0.05) is 19.0 Å². The van der Waals surface area contributed by atoms with Crippen LogP contribution in [0.4, 0.5) is 0 Å². The second kappa shape index (κ2) is 4.48. The monoisotopic (exact) mass is 171 g/mol. The standard InChI is InChI=1S/C10H21NO/c1-6-8-11(5)9(12)10(3,4)7-2/h6-8H2,1-5H3. The van der Waals surface area contributed by atoms with Gasteiger partial charge in [0.1, 0.15) is 0 Å². The summed E-state index contributed by atoms with van der Waals surface area (Å²) in [6.45, 7) is 9.01. The van der Waals surface area contributed by atoms with Gasteiger partial charge in [-0.3, -0.25) is 4.79 Å². The zero-order chi connectivity index (χ0) is 9.78. The van der Waals surface area contributed by atoms with Gasteiger partial charge in [0.2, 0.25) is 5.91 Å². The third-order valence-corrected chi connectivity index (χ3v) is 2.37. The lowest BCUT2D eigenvalue weighted by molar-refractivity contribution is -0.139. The lowest BCUT2D eigenvalue weighted by Gasteiger charge is -2.27. The Bertz CT molecular complexity index is 152. The Morgan fingerprint density at radius 1 is 1.33 bits per heavy atom. The predicted molar refractivity (Wildman–Crippen MR) is 52.0 cm³/mol. The van der Waals surface area contributed by atoms with Gasteiger partial charge < -0.3 is 4.90 Å². The minimum atomic E-state index is -0.191. The fraction of sp³-hybridized carbons (Fsp3) is 0.900. The molecule has 2 heteroatoms. The second-order valence-electron chi connectivity index (χ2n) is 3.96. The Balaban J connectivity index is 4.18. The lowest BCUT2D eigenvalue weighted by atomic mass is 9.88. The summed E-state index contributed by atoms with van der Waals surface area (Å²) in [6, 6.07) is 0. The van der Waals surface area contributed by atoms with Crippen LogP contribution >= 0.6 is 0 Å². The molecule has 12 heavy (non-hydrogen) atoms. The lowest BCUT2D eigenvalue weighted by Crippen LogP contribution is -2.38. The summed E-state index contributed by atoms with van der Waals surface area (Å²) in [6.07, 6.45) is 1.93. The molecule has 0 aliphatic carbocycles. The average molecular weight is 171 g/mol. The summed E-state index contributed by atoms with van der Waals surface area (Å²) >= 11 is 0. The number of nitrogens with zero attached hydrogens (tertiary/aromatic N) is 1. The van der Waals surface area contributed by atoms with Gasteiger partial charge in [0.05, 0.1) is 0 Å². The van der Waals surface area contributed by atoms with Gasteiger partial charge >= 0.3 is 0 Å². The van der Waals surface area contributed by atoms with Crippen molar-refractivity contribution in [2.75, 3.05) is 13.6 Å². The maximum atomic E-state index is 11.7. The van der Waals surface area contributed by atoms with Gasteiger partial charge in [0.15, 0.2) is 0 Å². The van der Waals surface area contributed by atoms with Crippen LogP contribution in [0.5, 0.6) is 0 Å². The molecule has 0 saturated carbocycles. The molecule has 0 bridgehead atoms. The van der Waals surface area contributed by atoms with Gasteiger partial charge in [-0.05, 0) is 12.8 Å². The molecule has 0 aromatic rings. The van der Waals surface area contributed by atoms with E-state index in [-0.39, 0.29) is 11.3 Å². The van der Waals surface area contributed by atoms with Crippen LogP contribution in [0, 0.1) is 5.41 Å². The van der Waals surface area contributed by atoms with E-state index in [0.29, 0.717) is 0 Å². The van der Waals surface area contributed by atoms with Gasteiger partial charge in [-0.1, -0.05) is 27.7 Å². The average Bonchev–Trinajstić information content (AvgIpc) is 2.03. The molecule has 0 aliphatic rings. The van der Waals surface area contributed by atoms with Crippen molar-refractivity contribution >= 4 is 5.91 Å². The molecule has 0 heterocycles. The third-order valence-electron chi connectivity index (χ3n) is 2.37. The van der Waals surface area contributed by atoms with E-state index >= 15 is 0 Å². The fourth-order valence-electron chi connectivity index (χ4n) is 1.10. The van der Waals surface area contributed by atoms with E-state index in [2.05, 4.69) is 13.8 Å². The minimum Gasteiger partial charge on any atom is -0.345 e. The van der Waals surface area contributed by atoms with Crippen molar-refractivity contribution < 1.29 is 4.79 Å². The Kier molecular flexibility index (Phi) is 4.29. The van der Waals surface area contributed by atoms with Gasteiger partial charge in [0.25, 0.3) is 0 Å². The quantitative estimate of drug-likeness (QED) is 0.635.